The SMILES string of the molecule is Cn1cc(-c2ccc(N(C(=O)NCc3ccccc3)C3CCC(Nc4ncc(C#N)c(N5CC(CO)C5)n4)CC3)nc2)cn1. The predicted octanol–water partition coefficient (Wildman–Crippen LogP) is 3.71. The van der Waals surface area contributed by atoms with Crippen molar-refractivity contribution in [1.29, 1.82) is 5.26 Å². The van der Waals surface area contributed by atoms with Crippen LogP contribution in [0, 0.1) is 17.2 Å². The third-order valence-electron chi connectivity index (χ3n) is 8.34. The van der Waals surface area contributed by atoms with Crippen LogP contribution in [0.25, 0.3) is 11.1 Å². The number of aliphatic hydroxyl groups is 1. The van der Waals surface area contributed by atoms with E-state index >= 15 is 0 Å². The summed E-state index contributed by atoms with van der Waals surface area (Å²) in [5.74, 6) is 1.90. The highest BCUT2D eigenvalue weighted by Gasteiger charge is 2.32. The fraction of sp³-hybridized carbons (Fsp3) is 0.375. The Morgan fingerprint density at radius 2 is 1.84 bits per heavy atom. The molecule has 1 saturated carbocycles. The van der Waals surface area contributed by atoms with E-state index in [2.05, 4.69) is 31.8 Å². The summed E-state index contributed by atoms with van der Waals surface area (Å²) in [4.78, 5) is 31.2. The van der Waals surface area contributed by atoms with Crippen LogP contribution >= 0.6 is 0 Å². The molecule has 1 aromatic carbocycles. The quantitative estimate of drug-likeness (QED) is 0.264. The number of nitriles is 1. The van der Waals surface area contributed by atoms with E-state index in [1.54, 1.807) is 28.2 Å². The Bertz CT molecular complexity index is 1600. The van der Waals surface area contributed by atoms with Gasteiger partial charge in [0.2, 0.25) is 5.95 Å². The number of carbonyl (C=O) groups is 1. The van der Waals surface area contributed by atoms with Gasteiger partial charge in [-0.3, -0.25) is 9.58 Å². The fourth-order valence-corrected chi connectivity index (χ4v) is 5.87. The van der Waals surface area contributed by atoms with E-state index in [-0.39, 0.29) is 30.6 Å². The molecule has 4 aromatic rings. The normalized spacial score (nSPS) is 18.2. The molecule has 2 amide bonds. The molecule has 1 aliphatic heterocycles. The smallest absolute Gasteiger partial charge is 0.323 e. The Morgan fingerprint density at radius 1 is 1.05 bits per heavy atom. The first-order valence-electron chi connectivity index (χ1n) is 15.0. The molecule has 4 heterocycles. The number of hydrogen-bond donors (Lipinski definition) is 3. The van der Waals surface area contributed by atoms with Crippen molar-refractivity contribution in [2.45, 2.75) is 44.3 Å². The third kappa shape index (κ3) is 6.48. The van der Waals surface area contributed by atoms with Crippen molar-refractivity contribution in [2.24, 2.45) is 13.0 Å². The van der Waals surface area contributed by atoms with Gasteiger partial charge in [-0.25, -0.2) is 14.8 Å². The van der Waals surface area contributed by atoms with Gasteiger partial charge < -0.3 is 20.6 Å². The third-order valence-corrected chi connectivity index (χ3v) is 8.34. The summed E-state index contributed by atoms with van der Waals surface area (Å²) in [5.41, 5.74) is 3.36. The molecule has 2 fully saturated rings. The molecule has 0 atom stereocenters. The lowest BCUT2D eigenvalue weighted by atomic mass is 9.90. The zero-order chi connectivity index (χ0) is 30.5. The lowest BCUT2D eigenvalue weighted by Gasteiger charge is -2.39. The van der Waals surface area contributed by atoms with E-state index in [0.717, 1.165) is 42.4 Å². The highest BCUT2D eigenvalue weighted by Crippen LogP contribution is 2.31. The van der Waals surface area contributed by atoms with E-state index < -0.39 is 0 Å². The van der Waals surface area contributed by atoms with Crippen molar-refractivity contribution in [3.8, 4) is 17.2 Å². The van der Waals surface area contributed by atoms with Gasteiger partial charge >= 0.3 is 6.03 Å². The van der Waals surface area contributed by atoms with Gasteiger partial charge in [-0.05, 0) is 43.4 Å². The van der Waals surface area contributed by atoms with Crippen LogP contribution in [0.5, 0.6) is 0 Å². The maximum absolute atomic E-state index is 13.7. The molecule has 3 aromatic heterocycles. The van der Waals surface area contributed by atoms with E-state index in [0.29, 0.717) is 42.8 Å². The predicted molar refractivity (Wildman–Crippen MR) is 167 cm³/mol. The number of aryl methyl sites for hydroxylation is 1. The van der Waals surface area contributed by atoms with Crippen LogP contribution in [-0.2, 0) is 13.6 Å². The number of carbonyl (C=O) groups excluding carboxylic acids is 1. The molecule has 6 rings (SSSR count). The zero-order valence-corrected chi connectivity index (χ0v) is 24.7. The van der Waals surface area contributed by atoms with Crippen LogP contribution in [0.1, 0.15) is 36.8 Å². The molecular formula is C32H36N10O2. The van der Waals surface area contributed by atoms with Crippen molar-refractivity contribution in [2.75, 3.05) is 34.8 Å². The summed E-state index contributed by atoms with van der Waals surface area (Å²) in [6.45, 7) is 1.90. The number of anilines is 3. The van der Waals surface area contributed by atoms with E-state index in [1.165, 1.54) is 0 Å². The average Bonchev–Trinajstić information content (AvgIpc) is 3.47. The fourth-order valence-electron chi connectivity index (χ4n) is 5.87. The number of pyridine rings is 1. The topological polar surface area (TPSA) is 148 Å². The van der Waals surface area contributed by atoms with Crippen LogP contribution in [0.2, 0.25) is 0 Å². The Labute approximate surface area is 256 Å². The number of benzene rings is 1. The average molecular weight is 593 g/mol. The number of amides is 2. The second-order valence-electron chi connectivity index (χ2n) is 11.5. The van der Waals surface area contributed by atoms with Crippen LogP contribution in [-0.4, -0.2) is 67.7 Å². The zero-order valence-electron chi connectivity index (χ0n) is 24.7. The van der Waals surface area contributed by atoms with Crippen LogP contribution in [0.3, 0.4) is 0 Å². The number of nitrogens with zero attached hydrogens (tertiary/aromatic N) is 8. The summed E-state index contributed by atoms with van der Waals surface area (Å²) in [6.07, 6.45) is 10.3. The number of urea groups is 1. The van der Waals surface area contributed by atoms with Crippen molar-refractivity contribution in [3.63, 3.8) is 0 Å². The molecule has 0 unspecified atom stereocenters. The number of hydrogen-bond acceptors (Lipinski definition) is 9. The number of aromatic nitrogens is 5. The van der Waals surface area contributed by atoms with E-state index in [9.17, 15) is 15.2 Å². The second kappa shape index (κ2) is 13.1. The second-order valence-corrected chi connectivity index (χ2v) is 11.5. The Morgan fingerprint density at radius 3 is 2.50 bits per heavy atom. The summed E-state index contributed by atoms with van der Waals surface area (Å²) in [5, 5.41) is 29.7. The maximum Gasteiger partial charge on any atom is 0.323 e. The first kappa shape index (κ1) is 29.1. The molecule has 2 aliphatic rings. The van der Waals surface area contributed by atoms with Gasteiger partial charge in [0.15, 0.2) is 5.82 Å². The largest absolute Gasteiger partial charge is 0.396 e. The van der Waals surface area contributed by atoms with Gasteiger partial charge in [-0.15, -0.1) is 0 Å². The lowest BCUT2D eigenvalue weighted by Crippen LogP contribution is -2.49. The molecule has 3 N–H and O–H groups in total. The molecule has 0 radical (unpaired) electrons. The first-order valence-corrected chi connectivity index (χ1v) is 15.0. The molecule has 12 heteroatoms. The lowest BCUT2D eigenvalue weighted by molar-refractivity contribution is 0.200. The summed E-state index contributed by atoms with van der Waals surface area (Å²) in [6, 6.07) is 15.8. The van der Waals surface area contributed by atoms with Crippen molar-refractivity contribution < 1.29 is 9.90 Å². The van der Waals surface area contributed by atoms with Gasteiger partial charge in [0, 0.05) is 74.8 Å². The van der Waals surface area contributed by atoms with Crippen molar-refractivity contribution >= 4 is 23.6 Å². The monoisotopic (exact) mass is 592 g/mol. The molecule has 1 saturated heterocycles. The Kier molecular flexibility index (Phi) is 8.65. The maximum atomic E-state index is 13.7. The van der Waals surface area contributed by atoms with Gasteiger partial charge in [0.05, 0.1) is 12.4 Å². The van der Waals surface area contributed by atoms with E-state index in [4.69, 9.17) is 4.98 Å². The Hall–Kier alpha value is -5.02. The first-order chi connectivity index (χ1) is 21.5. The molecule has 0 bridgehead atoms. The minimum atomic E-state index is -0.178. The summed E-state index contributed by atoms with van der Waals surface area (Å²) in [7, 11) is 1.88. The number of nitrogens with one attached hydrogen (secondary N) is 2. The molecule has 1 aliphatic carbocycles. The van der Waals surface area contributed by atoms with Crippen LogP contribution < -0.4 is 20.4 Å². The number of aliphatic hydroxyl groups excluding tert-OH is 1. The van der Waals surface area contributed by atoms with Crippen molar-refractivity contribution in [3.05, 3.63) is 78.4 Å². The highest BCUT2D eigenvalue weighted by atomic mass is 16.3. The van der Waals surface area contributed by atoms with Crippen LogP contribution in [0.15, 0.2) is 67.3 Å². The highest BCUT2D eigenvalue weighted by molar-refractivity contribution is 5.91. The van der Waals surface area contributed by atoms with Gasteiger partial charge in [-0.2, -0.15) is 15.3 Å². The van der Waals surface area contributed by atoms with Crippen molar-refractivity contribution in [1.82, 2.24) is 30.0 Å². The number of rotatable bonds is 9. The Balaban J connectivity index is 1.14. The summed E-state index contributed by atoms with van der Waals surface area (Å²) >= 11 is 0. The minimum Gasteiger partial charge on any atom is -0.396 e. The van der Waals surface area contributed by atoms with E-state index in [1.807, 2.05) is 60.6 Å². The molecule has 226 valence electrons. The van der Waals surface area contributed by atoms with Crippen LogP contribution in [0.4, 0.5) is 22.4 Å². The molecule has 12 nitrogen and oxygen atoms in total. The molecule has 44 heavy (non-hydrogen) atoms. The standard InChI is InChI=1S/C32H36N10O2/c1-40-20-26(17-37-40)24-7-12-29(34-15-24)42(32(44)36-14-22-5-3-2-4-6-22)28-10-8-27(9-11-28)38-31-35-16-25(13-33)30(39-31)41-18-23(19-41)21-43/h2-7,12,15-17,20,23,27-28,43H,8-11,14,18-19,21H2,1H3,(H,36,44)(H,35,38,39). The molecule has 0 spiro atoms. The molecular weight excluding hydrogens is 556 g/mol. The minimum absolute atomic E-state index is 0.0329. The summed E-state index contributed by atoms with van der Waals surface area (Å²) < 4.78 is 1.75. The van der Waals surface area contributed by atoms with Gasteiger partial charge in [-0.1, -0.05) is 30.3 Å². The van der Waals surface area contributed by atoms with Gasteiger partial charge in [0.1, 0.15) is 17.5 Å². The van der Waals surface area contributed by atoms with Gasteiger partial charge in [0.25, 0.3) is 0 Å².